The third-order valence-electron chi connectivity index (χ3n) is 5.41. The van der Waals surface area contributed by atoms with Crippen LogP contribution in [-0.4, -0.2) is 73.4 Å². The van der Waals surface area contributed by atoms with E-state index >= 15 is 0 Å². The monoisotopic (exact) mass is 541 g/mol. The zero-order valence-electron chi connectivity index (χ0n) is 19.9. The summed E-state index contributed by atoms with van der Waals surface area (Å²) in [5, 5.41) is 0. The van der Waals surface area contributed by atoms with E-state index in [4.69, 9.17) is 31.7 Å². The predicted octanol–water partition coefficient (Wildman–Crippen LogP) is 5.38. The van der Waals surface area contributed by atoms with Gasteiger partial charge < -0.3 is 27.1 Å². The van der Waals surface area contributed by atoms with Crippen LogP contribution in [0.4, 0.5) is 0 Å². The van der Waals surface area contributed by atoms with Crippen LogP contribution >= 0.6 is 30.8 Å². The molecule has 2 atom stereocenters. The van der Waals surface area contributed by atoms with Gasteiger partial charge in [-0.15, -0.1) is 4.52 Å². The van der Waals surface area contributed by atoms with Gasteiger partial charge in [-0.2, -0.15) is 0 Å². The molecular formula is C17H37O11P4+. The molecule has 0 saturated carbocycles. The van der Waals surface area contributed by atoms with E-state index in [0.717, 1.165) is 12.8 Å². The SMILES string of the molecule is CCC1(COP(C)(=O)OC)COP(C)(=O)OC1.CCC1(CO[P+](C)=O)COP(C)(=O)OC1. The molecule has 2 aliphatic rings. The summed E-state index contributed by atoms with van der Waals surface area (Å²) in [6.45, 7) is 11.5. The zero-order chi connectivity index (χ0) is 24.7. The number of hydrogen-bond donors (Lipinski definition) is 0. The highest BCUT2D eigenvalue weighted by molar-refractivity contribution is 7.53. The lowest BCUT2D eigenvalue weighted by atomic mass is 9.88. The molecule has 0 aliphatic carbocycles. The van der Waals surface area contributed by atoms with Gasteiger partial charge in [-0.1, -0.05) is 13.8 Å². The number of rotatable bonds is 9. The highest BCUT2D eigenvalue weighted by atomic mass is 31.2. The van der Waals surface area contributed by atoms with Crippen LogP contribution in [0.2, 0.25) is 0 Å². The van der Waals surface area contributed by atoms with Gasteiger partial charge in [0.1, 0.15) is 6.61 Å². The van der Waals surface area contributed by atoms with Crippen LogP contribution < -0.4 is 0 Å². The van der Waals surface area contributed by atoms with Crippen molar-refractivity contribution in [3.63, 3.8) is 0 Å². The van der Waals surface area contributed by atoms with E-state index < -0.39 is 36.2 Å². The highest BCUT2D eigenvalue weighted by Gasteiger charge is 2.41. The second kappa shape index (κ2) is 12.5. The Morgan fingerprint density at radius 3 is 1.59 bits per heavy atom. The van der Waals surface area contributed by atoms with Gasteiger partial charge in [0.2, 0.25) is 0 Å². The fourth-order valence-corrected chi connectivity index (χ4v) is 5.74. The molecule has 0 aromatic rings. The van der Waals surface area contributed by atoms with Gasteiger partial charge >= 0.3 is 30.8 Å². The second-order valence-corrected chi connectivity index (χ2v) is 15.7. The Morgan fingerprint density at radius 1 is 0.906 bits per heavy atom. The third-order valence-corrected chi connectivity index (χ3v) is 9.56. The van der Waals surface area contributed by atoms with E-state index in [9.17, 15) is 18.3 Å². The maximum atomic E-state index is 11.6. The zero-order valence-corrected chi connectivity index (χ0v) is 23.5. The summed E-state index contributed by atoms with van der Waals surface area (Å²) in [4.78, 5) is 0. The summed E-state index contributed by atoms with van der Waals surface area (Å²) in [5.41, 5.74) is -0.723. The molecule has 0 aromatic heterocycles. The Kier molecular flexibility index (Phi) is 11.9. The average Bonchev–Trinajstić information content (AvgIpc) is 2.74. The van der Waals surface area contributed by atoms with Gasteiger partial charge in [-0.3, -0.25) is 13.7 Å². The summed E-state index contributed by atoms with van der Waals surface area (Å²) in [6.07, 6.45) is 1.49. The van der Waals surface area contributed by atoms with Gasteiger partial charge in [-0.05, 0) is 17.4 Å². The molecule has 0 N–H and O–H groups in total. The van der Waals surface area contributed by atoms with Crippen LogP contribution in [0.15, 0.2) is 0 Å². The molecule has 2 aliphatic heterocycles. The first-order valence-electron chi connectivity index (χ1n) is 10.2. The van der Waals surface area contributed by atoms with Crippen LogP contribution in [0, 0.1) is 10.8 Å². The Bertz CT molecular complexity index is 742. The molecule has 2 heterocycles. The summed E-state index contributed by atoms with van der Waals surface area (Å²) in [5.74, 6) is 0. The third kappa shape index (κ3) is 10.4. The second-order valence-electron chi connectivity index (χ2n) is 8.28. The van der Waals surface area contributed by atoms with Gasteiger partial charge in [0.15, 0.2) is 6.66 Å². The number of hydrogen-bond acceptors (Lipinski definition) is 11. The normalized spacial score (nSPS) is 37.7. The van der Waals surface area contributed by atoms with Crippen molar-refractivity contribution in [2.75, 3.05) is 73.4 Å². The van der Waals surface area contributed by atoms with E-state index in [1.165, 1.54) is 33.8 Å². The van der Waals surface area contributed by atoms with Crippen molar-refractivity contribution >= 4 is 30.8 Å². The highest BCUT2D eigenvalue weighted by Crippen LogP contribution is 2.53. The topological polar surface area (TPSA) is 133 Å². The van der Waals surface area contributed by atoms with Crippen molar-refractivity contribution in [1.82, 2.24) is 0 Å². The molecule has 32 heavy (non-hydrogen) atoms. The van der Waals surface area contributed by atoms with Crippen LogP contribution in [0.25, 0.3) is 0 Å². The molecule has 2 rings (SSSR count). The maximum absolute atomic E-state index is 11.6. The van der Waals surface area contributed by atoms with Crippen molar-refractivity contribution in [1.29, 1.82) is 0 Å². The molecule has 2 fully saturated rings. The van der Waals surface area contributed by atoms with Crippen molar-refractivity contribution in [2.24, 2.45) is 10.8 Å². The van der Waals surface area contributed by atoms with E-state index in [0.29, 0.717) is 19.8 Å². The maximum Gasteiger partial charge on any atom is 0.504 e. The molecule has 2 unspecified atom stereocenters. The summed E-state index contributed by atoms with van der Waals surface area (Å²) < 4.78 is 81.3. The molecule has 0 bridgehead atoms. The summed E-state index contributed by atoms with van der Waals surface area (Å²) in [7, 11) is -9.05. The quantitative estimate of drug-likeness (QED) is 0.348. The minimum absolute atomic E-state index is 0.200. The Hall–Kier alpha value is 0.510. The molecule has 15 heteroatoms. The molecule has 0 radical (unpaired) electrons. The smallest absolute Gasteiger partial charge is 0.312 e. The summed E-state index contributed by atoms with van der Waals surface area (Å²) in [6, 6.07) is 0. The largest absolute Gasteiger partial charge is 0.504 e. The van der Waals surface area contributed by atoms with Crippen LogP contribution in [0.5, 0.6) is 0 Å². The lowest BCUT2D eigenvalue weighted by molar-refractivity contribution is -0.0168. The van der Waals surface area contributed by atoms with E-state index in [1.54, 1.807) is 0 Å². The standard InChI is InChI=1S/C9H20O6P2.C8H17O5P2/c1-5-9(6-13-16(3,10)12-2)7-14-17(4,11)15-8-9;1-4-8(5-11-14(2)9)6-12-15(3,10)13-7-8/h5-8H2,1-4H3;4-7H2,1-3H3/q;+1. The van der Waals surface area contributed by atoms with Gasteiger partial charge in [-0.25, -0.2) is 0 Å². The molecule has 0 aromatic carbocycles. The molecule has 0 amide bonds. The van der Waals surface area contributed by atoms with Crippen LogP contribution in [-0.2, 0) is 49.9 Å². The molecule has 11 nitrogen and oxygen atoms in total. The van der Waals surface area contributed by atoms with Crippen molar-refractivity contribution < 1.29 is 49.9 Å². The Balaban J connectivity index is 0.000000323. The predicted molar refractivity (Wildman–Crippen MR) is 122 cm³/mol. The minimum atomic E-state index is -3.01. The Labute approximate surface area is 192 Å². The summed E-state index contributed by atoms with van der Waals surface area (Å²) >= 11 is 0. The lowest BCUT2D eigenvalue weighted by Gasteiger charge is -2.37. The lowest BCUT2D eigenvalue weighted by Crippen LogP contribution is -2.38. The molecular weight excluding hydrogens is 504 g/mol. The van der Waals surface area contributed by atoms with E-state index in [1.807, 2.05) is 13.8 Å². The van der Waals surface area contributed by atoms with Crippen LogP contribution in [0.1, 0.15) is 26.7 Å². The van der Waals surface area contributed by atoms with Crippen molar-refractivity contribution in [2.45, 2.75) is 26.7 Å². The molecule has 2 saturated heterocycles. The first kappa shape index (κ1) is 30.5. The first-order valence-corrected chi connectivity index (χ1v) is 17.8. The van der Waals surface area contributed by atoms with Gasteiger partial charge in [0.05, 0.1) is 33.0 Å². The van der Waals surface area contributed by atoms with Gasteiger partial charge in [0.25, 0.3) is 0 Å². The van der Waals surface area contributed by atoms with Crippen molar-refractivity contribution in [3.05, 3.63) is 0 Å². The molecule has 0 spiro atoms. The molecule has 190 valence electrons. The minimum Gasteiger partial charge on any atom is -0.312 e. The van der Waals surface area contributed by atoms with E-state index in [2.05, 4.69) is 0 Å². The fourth-order valence-electron chi connectivity index (χ4n) is 2.49. The average molecular weight is 541 g/mol. The first-order chi connectivity index (χ1) is 14.6. The van der Waals surface area contributed by atoms with E-state index in [-0.39, 0.29) is 25.2 Å². The fraction of sp³-hybridized carbons (Fsp3) is 1.00. The Morgan fingerprint density at radius 2 is 1.28 bits per heavy atom. The van der Waals surface area contributed by atoms with Gasteiger partial charge in [0, 0.05) is 37.9 Å². The van der Waals surface area contributed by atoms with Crippen LogP contribution in [0.3, 0.4) is 0 Å². The van der Waals surface area contributed by atoms with Crippen molar-refractivity contribution in [3.8, 4) is 0 Å².